The molecule has 6 heteroatoms. The average Bonchev–Trinajstić information content (AvgIpc) is 3.61. The summed E-state index contributed by atoms with van der Waals surface area (Å²) in [5.74, 6) is 2.01. The van der Waals surface area contributed by atoms with E-state index in [1.165, 1.54) is 5.56 Å². The lowest BCUT2D eigenvalue weighted by Crippen LogP contribution is -2.41. The molecule has 3 unspecified atom stereocenters. The Kier molecular flexibility index (Phi) is 4.98. The third-order valence-electron chi connectivity index (χ3n) is 6.98. The summed E-state index contributed by atoms with van der Waals surface area (Å²) in [7, 11) is 0. The van der Waals surface area contributed by atoms with Gasteiger partial charge in [-0.3, -0.25) is 4.79 Å². The molecule has 3 aliphatic heterocycles. The van der Waals surface area contributed by atoms with Crippen LogP contribution in [0.5, 0.6) is 0 Å². The van der Waals surface area contributed by atoms with Crippen LogP contribution in [0.15, 0.2) is 96.4 Å². The summed E-state index contributed by atoms with van der Waals surface area (Å²) in [4.78, 5) is 22.8. The minimum Gasteiger partial charge on any atom is -0.342 e. The molecule has 3 aromatic rings. The molecular weight excluding hydrogens is 410 g/mol. The highest BCUT2D eigenvalue weighted by molar-refractivity contribution is 5.98. The summed E-state index contributed by atoms with van der Waals surface area (Å²) in [6, 6.07) is 22.3. The van der Waals surface area contributed by atoms with Crippen molar-refractivity contribution in [3.8, 4) is 5.69 Å². The number of likely N-dealkylation sites (tertiary alicyclic amines) is 2. The molecule has 0 bridgehead atoms. The standard InChI is InChI=1S/C27H27N5O/c33-26(23-10-4-5-11-25(23)30-14-6-7-15-30)31-16-21-18-32(19-22(21)17-31)27-28-13-12-24(29-27)20-8-2-1-3-9-20/h1-15,21-22,24H,16-19H2,(H,28,29). The first-order chi connectivity index (χ1) is 16.3. The fraction of sp³-hybridized carbons (Fsp3) is 0.259. The molecule has 2 saturated heterocycles. The molecule has 3 aliphatic rings. The van der Waals surface area contributed by atoms with Gasteiger partial charge in [0, 0.05) is 56.6 Å². The minimum absolute atomic E-state index is 0.0474. The Bertz CT molecular complexity index is 1190. The number of para-hydroxylation sites is 1. The number of nitrogens with zero attached hydrogens (tertiary/aromatic N) is 4. The Morgan fingerprint density at radius 3 is 2.30 bits per heavy atom. The third-order valence-corrected chi connectivity index (χ3v) is 6.98. The minimum atomic E-state index is 0.0474. The van der Waals surface area contributed by atoms with Crippen molar-refractivity contribution in [2.24, 2.45) is 16.8 Å². The molecular formula is C27H27N5O. The molecule has 0 spiro atoms. The molecule has 4 heterocycles. The van der Waals surface area contributed by atoms with Crippen LogP contribution < -0.4 is 5.32 Å². The Labute approximate surface area is 193 Å². The van der Waals surface area contributed by atoms with Gasteiger partial charge in [0.2, 0.25) is 0 Å². The van der Waals surface area contributed by atoms with Crippen molar-refractivity contribution in [3.05, 3.63) is 103 Å². The molecule has 2 fully saturated rings. The zero-order valence-corrected chi connectivity index (χ0v) is 18.4. The van der Waals surface area contributed by atoms with Crippen LogP contribution in [0, 0.1) is 11.8 Å². The monoisotopic (exact) mass is 437 g/mol. The topological polar surface area (TPSA) is 52.9 Å². The average molecular weight is 438 g/mol. The van der Waals surface area contributed by atoms with E-state index in [0.29, 0.717) is 11.8 Å². The molecule has 0 saturated carbocycles. The SMILES string of the molecule is O=C(c1ccccc1-n1cccc1)N1CC2CN(C3=NC(c4ccccc4)C=CN3)CC2C1. The van der Waals surface area contributed by atoms with Crippen molar-refractivity contribution in [1.29, 1.82) is 0 Å². The third kappa shape index (κ3) is 3.71. The Balaban J connectivity index is 1.14. The van der Waals surface area contributed by atoms with Crippen LogP contribution in [0.25, 0.3) is 5.69 Å². The van der Waals surface area contributed by atoms with Crippen molar-refractivity contribution in [1.82, 2.24) is 19.7 Å². The number of aromatic nitrogens is 1. The lowest BCUT2D eigenvalue weighted by molar-refractivity contribution is 0.0778. The second-order valence-corrected chi connectivity index (χ2v) is 9.05. The van der Waals surface area contributed by atoms with E-state index in [9.17, 15) is 4.79 Å². The van der Waals surface area contributed by atoms with E-state index in [1.807, 2.05) is 70.5 Å². The first-order valence-corrected chi connectivity index (χ1v) is 11.6. The van der Waals surface area contributed by atoms with E-state index in [2.05, 4.69) is 40.6 Å². The molecule has 0 radical (unpaired) electrons. The van der Waals surface area contributed by atoms with Crippen LogP contribution in [0.4, 0.5) is 0 Å². The van der Waals surface area contributed by atoms with E-state index < -0.39 is 0 Å². The van der Waals surface area contributed by atoms with Gasteiger partial charge in [-0.15, -0.1) is 0 Å². The van der Waals surface area contributed by atoms with Crippen molar-refractivity contribution >= 4 is 11.9 Å². The van der Waals surface area contributed by atoms with E-state index in [0.717, 1.165) is 43.4 Å². The molecule has 3 atom stereocenters. The van der Waals surface area contributed by atoms with Crippen LogP contribution >= 0.6 is 0 Å². The van der Waals surface area contributed by atoms with Crippen LogP contribution in [0.1, 0.15) is 22.0 Å². The Hall–Kier alpha value is -3.80. The summed E-state index contributed by atoms with van der Waals surface area (Å²) >= 11 is 0. The number of carbonyl (C=O) groups excluding carboxylic acids is 1. The number of benzene rings is 2. The van der Waals surface area contributed by atoms with Gasteiger partial charge in [-0.05, 0) is 35.9 Å². The summed E-state index contributed by atoms with van der Waals surface area (Å²) in [6.45, 7) is 3.44. The maximum atomic E-state index is 13.4. The smallest absolute Gasteiger partial charge is 0.256 e. The van der Waals surface area contributed by atoms with Crippen molar-refractivity contribution in [2.75, 3.05) is 26.2 Å². The zero-order chi connectivity index (χ0) is 22.2. The lowest BCUT2D eigenvalue weighted by atomic mass is 10.0. The summed E-state index contributed by atoms with van der Waals surface area (Å²) in [6.07, 6.45) is 8.07. The number of amides is 1. The van der Waals surface area contributed by atoms with Crippen molar-refractivity contribution in [2.45, 2.75) is 6.04 Å². The molecule has 2 aromatic carbocycles. The first kappa shape index (κ1) is 19.9. The van der Waals surface area contributed by atoms with Crippen molar-refractivity contribution < 1.29 is 4.79 Å². The van der Waals surface area contributed by atoms with Crippen LogP contribution in [0.2, 0.25) is 0 Å². The highest BCUT2D eigenvalue weighted by Gasteiger charge is 2.43. The number of rotatable bonds is 3. The van der Waals surface area contributed by atoms with Gasteiger partial charge >= 0.3 is 0 Å². The molecule has 6 nitrogen and oxygen atoms in total. The Morgan fingerprint density at radius 1 is 0.848 bits per heavy atom. The fourth-order valence-electron chi connectivity index (χ4n) is 5.31. The van der Waals surface area contributed by atoms with Gasteiger partial charge in [0.05, 0.1) is 17.3 Å². The predicted molar refractivity (Wildman–Crippen MR) is 129 cm³/mol. The number of hydrogen-bond donors (Lipinski definition) is 1. The Morgan fingerprint density at radius 2 is 1.55 bits per heavy atom. The van der Waals surface area contributed by atoms with E-state index in [4.69, 9.17) is 4.99 Å². The van der Waals surface area contributed by atoms with Gasteiger partial charge in [0.1, 0.15) is 0 Å². The maximum Gasteiger partial charge on any atom is 0.256 e. The number of aliphatic imine (C=N–C) groups is 1. The van der Waals surface area contributed by atoms with Gasteiger partial charge in [-0.1, -0.05) is 42.5 Å². The molecule has 6 rings (SSSR count). The normalized spacial score (nSPS) is 23.9. The van der Waals surface area contributed by atoms with Gasteiger partial charge in [-0.25, -0.2) is 4.99 Å². The second kappa shape index (κ2) is 8.28. The first-order valence-electron chi connectivity index (χ1n) is 11.6. The largest absolute Gasteiger partial charge is 0.342 e. The number of carbonyl (C=O) groups is 1. The molecule has 1 N–H and O–H groups in total. The molecule has 33 heavy (non-hydrogen) atoms. The molecule has 1 aromatic heterocycles. The van der Waals surface area contributed by atoms with E-state index in [1.54, 1.807) is 0 Å². The number of fused-ring (bicyclic) bond motifs is 1. The molecule has 166 valence electrons. The van der Waals surface area contributed by atoms with Gasteiger partial charge in [0.25, 0.3) is 5.91 Å². The summed E-state index contributed by atoms with van der Waals surface area (Å²) in [5.41, 5.74) is 2.90. The molecule has 1 amide bonds. The summed E-state index contributed by atoms with van der Waals surface area (Å²) in [5, 5.41) is 3.35. The van der Waals surface area contributed by atoms with Crippen LogP contribution in [0.3, 0.4) is 0 Å². The quantitative estimate of drug-likeness (QED) is 0.680. The van der Waals surface area contributed by atoms with E-state index in [-0.39, 0.29) is 11.9 Å². The number of nitrogens with one attached hydrogen (secondary N) is 1. The summed E-state index contributed by atoms with van der Waals surface area (Å²) < 4.78 is 2.01. The predicted octanol–water partition coefficient (Wildman–Crippen LogP) is 3.70. The van der Waals surface area contributed by atoms with E-state index >= 15 is 0 Å². The van der Waals surface area contributed by atoms with Crippen LogP contribution in [-0.4, -0.2) is 52.4 Å². The van der Waals surface area contributed by atoms with Gasteiger partial charge in [0.15, 0.2) is 5.96 Å². The number of guanidine groups is 1. The fourth-order valence-corrected chi connectivity index (χ4v) is 5.31. The zero-order valence-electron chi connectivity index (χ0n) is 18.4. The van der Waals surface area contributed by atoms with Gasteiger partial charge in [-0.2, -0.15) is 0 Å². The second-order valence-electron chi connectivity index (χ2n) is 9.05. The maximum absolute atomic E-state index is 13.4. The number of hydrogen-bond acceptors (Lipinski definition) is 4. The highest BCUT2D eigenvalue weighted by Crippen LogP contribution is 2.33. The lowest BCUT2D eigenvalue weighted by Gasteiger charge is -2.27. The van der Waals surface area contributed by atoms with Crippen molar-refractivity contribution in [3.63, 3.8) is 0 Å². The van der Waals surface area contributed by atoms with Crippen LogP contribution in [-0.2, 0) is 0 Å². The molecule has 0 aliphatic carbocycles. The highest BCUT2D eigenvalue weighted by atomic mass is 16.2. The van der Waals surface area contributed by atoms with Gasteiger partial charge < -0.3 is 19.7 Å².